The standard InChI is InChI=1S/C17H22N2O2.ClH/c1-12-6-4-5-7-13(12)9-17(2,3)19-16(20)14-8-15(10-18)21-11-14;/h4-8,11H,9-10,18H2,1-3H3,(H,19,20);1H. The van der Waals surface area contributed by atoms with Gasteiger partial charge in [-0.05, 0) is 44.4 Å². The number of nitrogens with two attached hydrogens (primary N) is 1. The SMILES string of the molecule is Cc1ccccc1CC(C)(C)NC(=O)c1coc(CN)c1.Cl. The third-order valence-electron chi connectivity index (χ3n) is 3.46. The summed E-state index contributed by atoms with van der Waals surface area (Å²) in [4.78, 5) is 12.3. The number of carbonyl (C=O) groups excluding carboxylic acids is 1. The first kappa shape index (κ1) is 18.3. The molecule has 22 heavy (non-hydrogen) atoms. The quantitative estimate of drug-likeness (QED) is 0.888. The smallest absolute Gasteiger partial charge is 0.254 e. The average Bonchev–Trinajstić information content (AvgIpc) is 2.89. The predicted octanol–water partition coefficient (Wildman–Crippen LogP) is 3.22. The van der Waals surface area contributed by atoms with Crippen molar-refractivity contribution in [2.45, 2.75) is 39.3 Å². The molecule has 0 bridgehead atoms. The fraction of sp³-hybridized carbons (Fsp3) is 0.353. The molecular formula is C17H23ClN2O2. The van der Waals surface area contributed by atoms with E-state index in [0.29, 0.717) is 17.9 Å². The molecule has 0 saturated heterocycles. The minimum atomic E-state index is -0.344. The molecule has 0 saturated carbocycles. The number of benzene rings is 1. The Balaban J connectivity index is 0.00000242. The van der Waals surface area contributed by atoms with E-state index in [-0.39, 0.29) is 23.9 Å². The fourth-order valence-electron chi connectivity index (χ4n) is 2.32. The number of rotatable bonds is 5. The Morgan fingerprint density at radius 1 is 1.32 bits per heavy atom. The minimum absolute atomic E-state index is 0. The van der Waals surface area contributed by atoms with Gasteiger partial charge >= 0.3 is 0 Å². The van der Waals surface area contributed by atoms with Gasteiger partial charge in [-0.2, -0.15) is 0 Å². The molecule has 0 spiro atoms. The molecule has 0 fully saturated rings. The van der Waals surface area contributed by atoms with E-state index in [1.165, 1.54) is 17.4 Å². The van der Waals surface area contributed by atoms with Crippen LogP contribution in [0, 0.1) is 6.92 Å². The maximum Gasteiger partial charge on any atom is 0.254 e. The number of amides is 1. The van der Waals surface area contributed by atoms with Crippen molar-refractivity contribution in [3.63, 3.8) is 0 Å². The summed E-state index contributed by atoms with van der Waals surface area (Å²) in [5, 5.41) is 3.05. The minimum Gasteiger partial charge on any atom is -0.467 e. The normalized spacial score (nSPS) is 10.9. The second-order valence-electron chi connectivity index (χ2n) is 5.95. The first-order valence-electron chi connectivity index (χ1n) is 7.06. The number of halogens is 1. The molecule has 1 aromatic heterocycles. The molecule has 0 unspecified atom stereocenters. The Morgan fingerprint density at radius 2 is 2.00 bits per heavy atom. The molecule has 1 aromatic carbocycles. The molecule has 1 heterocycles. The van der Waals surface area contributed by atoms with E-state index >= 15 is 0 Å². The molecule has 2 rings (SSSR count). The van der Waals surface area contributed by atoms with Gasteiger partial charge in [0.15, 0.2) is 0 Å². The predicted molar refractivity (Wildman–Crippen MR) is 90.3 cm³/mol. The molecule has 0 radical (unpaired) electrons. The molecule has 3 N–H and O–H groups in total. The Kier molecular flexibility index (Phi) is 6.21. The van der Waals surface area contributed by atoms with Gasteiger partial charge in [-0.25, -0.2) is 0 Å². The first-order chi connectivity index (χ1) is 9.91. The summed E-state index contributed by atoms with van der Waals surface area (Å²) in [5.41, 5.74) is 8.11. The van der Waals surface area contributed by atoms with Crippen LogP contribution in [0.1, 0.15) is 41.1 Å². The van der Waals surface area contributed by atoms with E-state index in [1.807, 2.05) is 26.0 Å². The summed E-state index contributed by atoms with van der Waals surface area (Å²) < 4.78 is 5.20. The van der Waals surface area contributed by atoms with E-state index in [2.05, 4.69) is 24.4 Å². The molecule has 0 aliphatic carbocycles. The summed E-state index contributed by atoms with van der Waals surface area (Å²) in [6.07, 6.45) is 2.22. The highest BCUT2D eigenvalue weighted by atomic mass is 35.5. The number of nitrogens with one attached hydrogen (secondary N) is 1. The van der Waals surface area contributed by atoms with Crippen LogP contribution in [0.2, 0.25) is 0 Å². The fourth-order valence-corrected chi connectivity index (χ4v) is 2.32. The molecule has 5 heteroatoms. The van der Waals surface area contributed by atoms with Gasteiger partial charge in [0.25, 0.3) is 5.91 Å². The summed E-state index contributed by atoms with van der Waals surface area (Å²) >= 11 is 0. The van der Waals surface area contributed by atoms with Gasteiger partial charge in [0.05, 0.1) is 12.1 Å². The zero-order chi connectivity index (χ0) is 15.5. The lowest BCUT2D eigenvalue weighted by atomic mass is 9.92. The molecule has 0 atom stereocenters. The number of hydrogen-bond acceptors (Lipinski definition) is 3. The highest BCUT2D eigenvalue weighted by Gasteiger charge is 2.23. The van der Waals surface area contributed by atoms with Gasteiger partial charge in [0.1, 0.15) is 12.0 Å². The van der Waals surface area contributed by atoms with Crippen LogP contribution in [0.25, 0.3) is 0 Å². The highest BCUT2D eigenvalue weighted by Crippen LogP contribution is 2.17. The van der Waals surface area contributed by atoms with Gasteiger partial charge in [-0.1, -0.05) is 24.3 Å². The first-order valence-corrected chi connectivity index (χ1v) is 7.06. The van der Waals surface area contributed by atoms with Crippen molar-refractivity contribution in [1.29, 1.82) is 0 Å². The van der Waals surface area contributed by atoms with Crippen molar-refractivity contribution >= 4 is 18.3 Å². The van der Waals surface area contributed by atoms with Crippen molar-refractivity contribution in [2.24, 2.45) is 5.73 Å². The van der Waals surface area contributed by atoms with Crippen molar-refractivity contribution < 1.29 is 9.21 Å². The van der Waals surface area contributed by atoms with Gasteiger partial charge in [0.2, 0.25) is 0 Å². The molecule has 0 aliphatic rings. The van der Waals surface area contributed by atoms with Crippen molar-refractivity contribution in [3.05, 3.63) is 59.0 Å². The summed E-state index contributed by atoms with van der Waals surface area (Å²) in [7, 11) is 0. The maximum absolute atomic E-state index is 12.3. The lowest BCUT2D eigenvalue weighted by Gasteiger charge is -2.27. The Bertz CT molecular complexity index is 635. The van der Waals surface area contributed by atoms with Crippen LogP contribution in [0.4, 0.5) is 0 Å². The van der Waals surface area contributed by atoms with Gasteiger partial charge in [0, 0.05) is 5.54 Å². The molecule has 120 valence electrons. The van der Waals surface area contributed by atoms with Crippen LogP contribution >= 0.6 is 12.4 Å². The van der Waals surface area contributed by atoms with Crippen molar-refractivity contribution in [3.8, 4) is 0 Å². The Hall–Kier alpha value is -1.78. The van der Waals surface area contributed by atoms with E-state index in [0.717, 1.165) is 6.42 Å². The second-order valence-corrected chi connectivity index (χ2v) is 5.95. The maximum atomic E-state index is 12.3. The number of carbonyl (C=O) groups is 1. The van der Waals surface area contributed by atoms with E-state index in [9.17, 15) is 4.79 Å². The van der Waals surface area contributed by atoms with Crippen LogP contribution in [-0.2, 0) is 13.0 Å². The second kappa shape index (κ2) is 7.47. The summed E-state index contributed by atoms with van der Waals surface area (Å²) in [6.45, 7) is 6.40. The molecule has 0 aliphatic heterocycles. The van der Waals surface area contributed by atoms with Crippen LogP contribution < -0.4 is 11.1 Å². The van der Waals surface area contributed by atoms with Crippen LogP contribution in [0.5, 0.6) is 0 Å². The topological polar surface area (TPSA) is 68.3 Å². The number of aryl methyl sites for hydroxylation is 1. The lowest BCUT2D eigenvalue weighted by molar-refractivity contribution is 0.0912. The van der Waals surface area contributed by atoms with Crippen LogP contribution in [0.15, 0.2) is 41.0 Å². The van der Waals surface area contributed by atoms with Gasteiger partial charge < -0.3 is 15.5 Å². The Morgan fingerprint density at radius 3 is 2.59 bits per heavy atom. The highest BCUT2D eigenvalue weighted by molar-refractivity contribution is 5.94. The Labute approximate surface area is 137 Å². The van der Waals surface area contributed by atoms with Crippen LogP contribution in [0.3, 0.4) is 0 Å². The van der Waals surface area contributed by atoms with E-state index in [4.69, 9.17) is 10.2 Å². The molecule has 1 amide bonds. The van der Waals surface area contributed by atoms with Crippen molar-refractivity contribution in [2.75, 3.05) is 0 Å². The number of furan rings is 1. The van der Waals surface area contributed by atoms with Gasteiger partial charge in [-0.3, -0.25) is 4.79 Å². The van der Waals surface area contributed by atoms with E-state index < -0.39 is 0 Å². The average molecular weight is 323 g/mol. The zero-order valence-electron chi connectivity index (χ0n) is 13.2. The third-order valence-corrected chi connectivity index (χ3v) is 3.46. The molecule has 4 nitrogen and oxygen atoms in total. The van der Waals surface area contributed by atoms with Crippen LogP contribution in [-0.4, -0.2) is 11.4 Å². The van der Waals surface area contributed by atoms with E-state index in [1.54, 1.807) is 6.07 Å². The van der Waals surface area contributed by atoms with Gasteiger partial charge in [-0.15, -0.1) is 12.4 Å². The largest absolute Gasteiger partial charge is 0.467 e. The third kappa shape index (κ3) is 4.61. The van der Waals surface area contributed by atoms with Crippen molar-refractivity contribution in [1.82, 2.24) is 5.32 Å². The molecule has 2 aromatic rings. The lowest BCUT2D eigenvalue weighted by Crippen LogP contribution is -2.45. The number of hydrogen-bond donors (Lipinski definition) is 2. The summed E-state index contributed by atoms with van der Waals surface area (Å²) in [6, 6.07) is 9.89. The summed E-state index contributed by atoms with van der Waals surface area (Å²) in [5.74, 6) is 0.467. The zero-order valence-corrected chi connectivity index (χ0v) is 14.0. The molecular weight excluding hydrogens is 300 g/mol. The monoisotopic (exact) mass is 322 g/mol.